The van der Waals surface area contributed by atoms with Crippen LogP contribution in [-0.4, -0.2) is 30.5 Å². The Bertz CT molecular complexity index is 1050. The normalized spacial score (nSPS) is 11.8. The van der Waals surface area contributed by atoms with Crippen molar-refractivity contribution in [3.63, 3.8) is 0 Å². The van der Waals surface area contributed by atoms with Crippen molar-refractivity contribution in [2.45, 2.75) is 13.0 Å². The molecule has 0 amide bonds. The summed E-state index contributed by atoms with van der Waals surface area (Å²) in [7, 11) is 1.49. The van der Waals surface area contributed by atoms with Gasteiger partial charge in [0.05, 0.1) is 17.8 Å². The number of hydrogen-bond donors (Lipinski definition) is 1. The Morgan fingerprint density at radius 3 is 2.40 bits per heavy atom. The molecule has 7 heteroatoms. The number of carboxylic acids is 1. The molecule has 1 atom stereocenters. The van der Waals surface area contributed by atoms with Crippen LogP contribution in [0.4, 0.5) is 5.69 Å². The van der Waals surface area contributed by atoms with E-state index in [2.05, 4.69) is 4.99 Å². The number of benzene rings is 3. The van der Waals surface area contributed by atoms with Crippen molar-refractivity contribution in [2.24, 2.45) is 4.99 Å². The predicted molar refractivity (Wildman–Crippen MR) is 116 cm³/mol. The van der Waals surface area contributed by atoms with Gasteiger partial charge in [-0.3, -0.25) is 4.99 Å². The van der Waals surface area contributed by atoms with Gasteiger partial charge < -0.3 is 19.3 Å². The molecule has 0 bridgehead atoms. The van der Waals surface area contributed by atoms with Crippen LogP contribution in [-0.2, 0) is 4.79 Å². The van der Waals surface area contributed by atoms with E-state index in [1.54, 1.807) is 60.8 Å². The monoisotopic (exact) mass is 425 g/mol. The van der Waals surface area contributed by atoms with Crippen LogP contribution >= 0.6 is 11.6 Å². The van der Waals surface area contributed by atoms with E-state index in [4.69, 9.17) is 30.9 Å². The minimum absolute atomic E-state index is 0.317. The Morgan fingerprint density at radius 1 is 1.03 bits per heavy atom. The van der Waals surface area contributed by atoms with Gasteiger partial charge in [0.15, 0.2) is 17.6 Å². The van der Waals surface area contributed by atoms with Gasteiger partial charge in [-0.1, -0.05) is 29.8 Å². The molecule has 0 aliphatic rings. The molecular formula is C23H20ClNO5. The molecule has 0 unspecified atom stereocenters. The van der Waals surface area contributed by atoms with E-state index in [9.17, 15) is 4.79 Å². The maximum atomic E-state index is 11.2. The molecule has 0 saturated heterocycles. The van der Waals surface area contributed by atoms with E-state index in [1.165, 1.54) is 14.0 Å². The summed E-state index contributed by atoms with van der Waals surface area (Å²) >= 11 is 6.11. The third-order valence-electron chi connectivity index (χ3n) is 4.13. The molecule has 3 rings (SSSR count). The molecule has 3 aromatic carbocycles. The first-order chi connectivity index (χ1) is 14.5. The molecule has 0 spiro atoms. The summed E-state index contributed by atoms with van der Waals surface area (Å²) in [6.07, 6.45) is 0.561. The van der Waals surface area contributed by atoms with E-state index in [1.807, 2.05) is 12.1 Å². The highest BCUT2D eigenvalue weighted by Crippen LogP contribution is 2.32. The molecule has 154 valence electrons. The van der Waals surface area contributed by atoms with Crippen molar-refractivity contribution in [2.75, 3.05) is 7.11 Å². The molecule has 0 heterocycles. The first-order valence-electron chi connectivity index (χ1n) is 9.11. The Balaban J connectivity index is 1.78. The van der Waals surface area contributed by atoms with Crippen LogP contribution in [0, 0.1) is 0 Å². The molecular weight excluding hydrogens is 406 g/mol. The Labute approximate surface area is 179 Å². The Hall–Kier alpha value is -3.51. The zero-order valence-corrected chi connectivity index (χ0v) is 17.2. The van der Waals surface area contributed by atoms with E-state index < -0.39 is 12.1 Å². The average Bonchev–Trinajstić information content (AvgIpc) is 2.75. The number of nitrogens with zero attached hydrogens (tertiary/aromatic N) is 1. The maximum Gasteiger partial charge on any atom is 0.344 e. The summed E-state index contributed by atoms with van der Waals surface area (Å²) in [5.74, 6) is 0.870. The molecule has 6 nitrogen and oxygen atoms in total. The zero-order chi connectivity index (χ0) is 21.5. The lowest BCUT2D eigenvalue weighted by molar-refractivity contribution is -0.144. The number of carboxylic acid groups (broad SMARTS) is 1. The molecule has 0 fully saturated rings. The van der Waals surface area contributed by atoms with Crippen LogP contribution in [0.15, 0.2) is 71.7 Å². The second-order valence-electron chi connectivity index (χ2n) is 6.26. The molecule has 3 aromatic rings. The van der Waals surface area contributed by atoms with E-state index >= 15 is 0 Å². The van der Waals surface area contributed by atoms with E-state index in [-0.39, 0.29) is 0 Å². The number of para-hydroxylation sites is 2. The van der Waals surface area contributed by atoms with Crippen LogP contribution in [0.3, 0.4) is 0 Å². The molecule has 0 saturated carbocycles. The van der Waals surface area contributed by atoms with Crippen LogP contribution in [0.25, 0.3) is 0 Å². The van der Waals surface area contributed by atoms with E-state index in [0.29, 0.717) is 39.3 Å². The highest BCUT2D eigenvalue weighted by atomic mass is 35.5. The smallest absolute Gasteiger partial charge is 0.344 e. The first-order valence-corrected chi connectivity index (χ1v) is 9.48. The molecule has 1 N–H and O–H groups in total. The molecule has 0 radical (unpaired) electrons. The predicted octanol–water partition coefficient (Wildman–Crippen LogP) is 5.74. The van der Waals surface area contributed by atoms with Gasteiger partial charge in [0.2, 0.25) is 0 Å². The summed E-state index contributed by atoms with van der Waals surface area (Å²) in [6, 6.07) is 19.6. The van der Waals surface area contributed by atoms with Crippen molar-refractivity contribution in [3.8, 4) is 23.0 Å². The van der Waals surface area contributed by atoms with Gasteiger partial charge in [0, 0.05) is 11.8 Å². The third kappa shape index (κ3) is 5.30. The van der Waals surface area contributed by atoms with Gasteiger partial charge in [-0.05, 0) is 55.5 Å². The molecule has 0 aliphatic carbocycles. The summed E-state index contributed by atoms with van der Waals surface area (Å²) in [5.41, 5.74) is 1.28. The van der Waals surface area contributed by atoms with Crippen molar-refractivity contribution >= 4 is 29.5 Å². The topological polar surface area (TPSA) is 77.3 Å². The van der Waals surface area contributed by atoms with Gasteiger partial charge in [0.1, 0.15) is 11.5 Å². The summed E-state index contributed by atoms with van der Waals surface area (Å²) in [5, 5.41) is 9.66. The highest BCUT2D eigenvalue weighted by Gasteiger charge is 2.17. The zero-order valence-electron chi connectivity index (χ0n) is 16.4. The minimum atomic E-state index is -1.07. The highest BCUT2D eigenvalue weighted by molar-refractivity contribution is 6.32. The van der Waals surface area contributed by atoms with Gasteiger partial charge in [-0.15, -0.1) is 0 Å². The van der Waals surface area contributed by atoms with Gasteiger partial charge in [-0.2, -0.15) is 0 Å². The summed E-state index contributed by atoms with van der Waals surface area (Å²) < 4.78 is 16.6. The van der Waals surface area contributed by atoms with Gasteiger partial charge in [-0.25, -0.2) is 4.79 Å². The van der Waals surface area contributed by atoms with E-state index in [0.717, 1.165) is 0 Å². The minimum Gasteiger partial charge on any atom is -0.493 e. The number of aliphatic imine (C=N–C) groups is 1. The summed E-state index contributed by atoms with van der Waals surface area (Å²) in [4.78, 5) is 15.6. The second-order valence-corrected chi connectivity index (χ2v) is 6.67. The lowest BCUT2D eigenvalue weighted by Crippen LogP contribution is -2.23. The lowest BCUT2D eigenvalue weighted by atomic mass is 10.2. The number of rotatable bonds is 8. The quantitative estimate of drug-likeness (QED) is 0.465. The average molecular weight is 426 g/mol. The second kappa shape index (κ2) is 9.80. The van der Waals surface area contributed by atoms with Gasteiger partial charge >= 0.3 is 5.97 Å². The SMILES string of the molecule is COc1cccc(C=Nc2ccc(Oc3ccccc3Cl)cc2)c1O[C@H](C)C(=O)O. The standard InChI is InChI=1S/C23H20ClNO5/c1-15(23(26)27)29-22-16(6-5-9-21(22)28-2)14-25-17-10-12-18(13-11-17)30-20-8-4-3-7-19(20)24/h3-15H,1-2H3,(H,26,27)/t15-/m1/s1. The largest absolute Gasteiger partial charge is 0.493 e. The Morgan fingerprint density at radius 2 is 1.73 bits per heavy atom. The van der Waals surface area contributed by atoms with Crippen LogP contribution in [0.5, 0.6) is 23.0 Å². The number of methoxy groups -OCH3 is 1. The third-order valence-corrected chi connectivity index (χ3v) is 4.44. The number of carbonyl (C=O) groups is 1. The number of aliphatic carboxylic acids is 1. The van der Waals surface area contributed by atoms with Crippen LogP contribution in [0.1, 0.15) is 12.5 Å². The lowest BCUT2D eigenvalue weighted by Gasteiger charge is -2.15. The van der Waals surface area contributed by atoms with Crippen LogP contribution in [0.2, 0.25) is 5.02 Å². The number of hydrogen-bond acceptors (Lipinski definition) is 5. The van der Waals surface area contributed by atoms with Crippen molar-refractivity contribution < 1.29 is 24.1 Å². The molecule has 0 aromatic heterocycles. The van der Waals surface area contributed by atoms with Crippen molar-refractivity contribution in [1.82, 2.24) is 0 Å². The Kier molecular flexibility index (Phi) is 6.93. The van der Waals surface area contributed by atoms with Gasteiger partial charge in [0.25, 0.3) is 0 Å². The number of ether oxygens (including phenoxy) is 3. The fourth-order valence-corrected chi connectivity index (χ4v) is 2.72. The molecule has 0 aliphatic heterocycles. The first kappa shape index (κ1) is 21.2. The van der Waals surface area contributed by atoms with Crippen molar-refractivity contribution in [3.05, 3.63) is 77.3 Å². The van der Waals surface area contributed by atoms with Crippen LogP contribution < -0.4 is 14.2 Å². The van der Waals surface area contributed by atoms with Crippen molar-refractivity contribution in [1.29, 1.82) is 0 Å². The molecule has 30 heavy (non-hydrogen) atoms. The number of halogens is 1. The summed E-state index contributed by atoms with van der Waals surface area (Å²) in [6.45, 7) is 1.45. The fraction of sp³-hybridized carbons (Fsp3) is 0.130. The fourth-order valence-electron chi connectivity index (χ4n) is 2.55. The maximum absolute atomic E-state index is 11.2.